The second-order valence-corrected chi connectivity index (χ2v) is 5.41. The third kappa shape index (κ3) is 3.42. The van der Waals surface area contributed by atoms with Gasteiger partial charge in [-0.3, -0.25) is 9.69 Å². The highest BCUT2D eigenvalue weighted by Gasteiger charge is 2.30. The van der Waals surface area contributed by atoms with E-state index in [-0.39, 0.29) is 12.0 Å². The topological polar surface area (TPSA) is 43.8 Å². The lowest BCUT2D eigenvalue weighted by molar-refractivity contribution is -0.135. The zero-order valence-corrected chi connectivity index (χ0v) is 10.8. The largest absolute Gasteiger partial charge is 0.393 e. The first-order chi connectivity index (χ1) is 8.16. The molecule has 1 amide bonds. The van der Waals surface area contributed by atoms with Gasteiger partial charge in [0.1, 0.15) is 0 Å². The van der Waals surface area contributed by atoms with Gasteiger partial charge in [0, 0.05) is 32.1 Å². The van der Waals surface area contributed by atoms with Gasteiger partial charge in [-0.25, -0.2) is 0 Å². The second-order valence-electron chi connectivity index (χ2n) is 5.41. The molecule has 2 atom stereocenters. The van der Waals surface area contributed by atoms with Crippen LogP contribution in [0.4, 0.5) is 0 Å². The van der Waals surface area contributed by atoms with Crippen molar-refractivity contribution < 1.29 is 9.90 Å². The number of aliphatic hydroxyl groups is 1. The molecular weight excluding hydrogens is 216 g/mol. The van der Waals surface area contributed by atoms with Crippen LogP contribution in [0.3, 0.4) is 0 Å². The molecule has 2 rings (SSSR count). The van der Waals surface area contributed by atoms with E-state index in [9.17, 15) is 9.90 Å². The van der Waals surface area contributed by atoms with E-state index < -0.39 is 0 Å². The van der Waals surface area contributed by atoms with Crippen LogP contribution in [0, 0.1) is 0 Å². The number of carbonyl (C=O) groups excluding carboxylic acids is 1. The Morgan fingerprint density at radius 2 is 2.18 bits per heavy atom. The summed E-state index contributed by atoms with van der Waals surface area (Å²) in [6.07, 6.45) is 4.56. The fourth-order valence-corrected chi connectivity index (χ4v) is 2.87. The Morgan fingerprint density at radius 3 is 2.94 bits per heavy atom. The van der Waals surface area contributed by atoms with E-state index in [4.69, 9.17) is 0 Å². The van der Waals surface area contributed by atoms with Crippen molar-refractivity contribution in [2.75, 3.05) is 26.2 Å². The molecule has 2 fully saturated rings. The van der Waals surface area contributed by atoms with Gasteiger partial charge in [0.2, 0.25) is 5.91 Å². The third-order valence-corrected chi connectivity index (χ3v) is 3.97. The quantitative estimate of drug-likeness (QED) is 0.795. The molecule has 17 heavy (non-hydrogen) atoms. The average Bonchev–Trinajstić information content (AvgIpc) is 2.35. The Balaban J connectivity index is 1.80. The number of nitrogens with zero attached hydrogens (tertiary/aromatic N) is 2. The second kappa shape index (κ2) is 5.83. The first-order valence-electron chi connectivity index (χ1n) is 6.86. The molecule has 0 aromatic rings. The van der Waals surface area contributed by atoms with Crippen molar-refractivity contribution in [3.63, 3.8) is 0 Å². The van der Waals surface area contributed by atoms with Crippen LogP contribution in [0.2, 0.25) is 0 Å². The molecular formula is C13H24N2O2. The Hall–Kier alpha value is -0.610. The zero-order chi connectivity index (χ0) is 12.3. The van der Waals surface area contributed by atoms with Gasteiger partial charge in [0.05, 0.1) is 6.10 Å². The fraction of sp³-hybridized carbons (Fsp3) is 0.923. The van der Waals surface area contributed by atoms with Crippen LogP contribution in [0.15, 0.2) is 0 Å². The maximum atomic E-state index is 12.0. The number of hydrogen-bond acceptors (Lipinski definition) is 3. The molecule has 0 bridgehead atoms. The number of amides is 1. The molecule has 0 radical (unpaired) electrons. The molecule has 0 aromatic carbocycles. The predicted octanol–water partition coefficient (Wildman–Crippen LogP) is 0.844. The summed E-state index contributed by atoms with van der Waals surface area (Å²) in [7, 11) is 0. The molecule has 4 nitrogen and oxygen atoms in total. The standard InChI is InChI=1S/C13H24N2O2/c1-11(16)5-6-13(17)15-9-8-14-7-3-2-4-12(14)10-15/h11-12,16H,2-10H2,1H3. The van der Waals surface area contributed by atoms with E-state index in [0.717, 1.165) is 19.6 Å². The highest BCUT2D eigenvalue weighted by molar-refractivity contribution is 5.76. The van der Waals surface area contributed by atoms with Crippen LogP contribution in [-0.2, 0) is 4.79 Å². The van der Waals surface area contributed by atoms with Gasteiger partial charge in [-0.1, -0.05) is 6.42 Å². The summed E-state index contributed by atoms with van der Waals surface area (Å²) < 4.78 is 0. The Morgan fingerprint density at radius 1 is 1.35 bits per heavy atom. The number of carbonyl (C=O) groups is 1. The maximum Gasteiger partial charge on any atom is 0.222 e. The van der Waals surface area contributed by atoms with Crippen molar-refractivity contribution in [2.24, 2.45) is 0 Å². The normalized spacial score (nSPS) is 27.6. The first-order valence-corrected chi connectivity index (χ1v) is 6.86. The van der Waals surface area contributed by atoms with Gasteiger partial charge >= 0.3 is 0 Å². The Kier molecular flexibility index (Phi) is 4.40. The van der Waals surface area contributed by atoms with E-state index >= 15 is 0 Å². The number of piperidine rings is 1. The van der Waals surface area contributed by atoms with E-state index in [1.54, 1.807) is 6.92 Å². The van der Waals surface area contributed by atoms with Crippen LogP contribution in [-0.4, -0.2) is 59.1 Å². The van der Waals surface area contributed by atoms with E-state index in [1.165, 1.54) is 25.8 Å². The minimum Gasteiger partial charge on any atom is -0.393 e. The van der Waals surface area contributed by atoms with Crippen molar-refractivity contribution in [1.29, 1.82) is 0 Å². The van der Waals surface area contributed by atoms with Gasteiger partial charge in [0.15, 0.2) is 0 Å². The molecule has 98 valence electrons. The third-order valence-electron chi connectivity index (χ3n) is 3.97. The number of piperazine rings is 1. The molecule has 2 unspecified atom stereocenters. The monoisotopic (exact) mass is 240 g/mol. The number of fused-ring (bicyclic) bond motifs is 1. The van der Waals surface area contributed by atoms with E-state index in [1.807, 2.05) is 4.90 Å². The van der Waals surface area contributed by atoms with Crippen molar-refractivity contribution in [2.45, 2.75) is 51.2 Å². The lowest BCUT2D eigenvalue weighted by Gasteiger charge is -2.44. The van der Waals surface area contributed by atoms with E-state index in [0.29, 0.717) is 18.9 Å². The molecule has 0 aliphatic carbocycles. The number of rotatable bonds is 3. The lowest BCUT2D eigenvalue weighted by Crippen LogP contribution is -2.56. The maximum absolute atomic E-state index is 12.0. The van der Waals surface area contributed by atoms with Crippen LogP contribution in [0.25, 0.3) is 0 Å². The van der Waals surface area contributed by atoms with Crippen LogP contribution < -0.4 is 0 Å². The molecule has 2 heterocycles. The van der Waals surface area contributed by atoms with Crippen molar-refractivity contribution in [3.8, 4) is 0 Å². The Labute approximate surface area is 104 Å². The van der Waals surface area contributed by atoms with Crippen LogP contribution in [0.1, 0.15) is 39.0 Å². The van der Waals surface area contributed by atoms with E-state index in [2.05, 4.69) is 4.90 Å². The summed E-state index contributed by atoms with van der Waals surface area (Å²) in [6, 6.07) is 0.591. The van der Waals surface area contributed by atoms with Crippen molar-refractivity contribution in [1.82, 2.24) is 9.80 Å². The molecule has 2 aliphatic heterocycles. The molecule has 0 spiro atoms. The SMILES string of the molecule is CC(O)CCC(=O)N1CCN2CCCCC2C1. The fourth-order valence-electron chi connectivity index (χ4n) is 2.87. The van der Waals surface area contributed by atoms with Gasteiger partial charge in [0.25, 0.3) is 0 Å². The molecule has 2 aliphatic rings. The molecule has 1 N–H and O–H groups in total. The van der Waals surface area contributed by atoms with Gasteiger partial charge in [-0.15, -0.1) is 0 Å². The van der Waals surface area contributed by atoms with Crippen LogP contribution in [0.5, 0.6) is 0 Å². The molecule has 0 saturated carbocycles. The van der Waals surface area contributed by atoms with Crippen molar-refractivity contribution >= 4 is 5.91 Å². The minimum atomic E-state index is -0.366. The Bertz CT molecular complexity index is 268. The highest BCUT2D eigenvalue weighted by atomic mass is 16.3. The number of aliphatic hydroxyl groups excluding tert-OH is 1. The average molecular weight is 240 g/mol. The lowest BCUT2D eigenvalue weighted by atomic mass is 9.99. The summed E-state index contributed by atoms with van der Waals surface area (Å²) >= 11 is 0. The molecule has 0 aromatic heterocycles. The van der Waals surface area contributed by atoms with Crippen molar-refractivity contribution in [3.05, 3.63) is 0 Å². The van der Waals surface area contributed by atoms with Crippen LogP contribution >= 0.6 is 0 Å². The van der Waals surface area contributed by atoms with Gasteiger partial charge < -0.3 is 10.0 Å². The zero-order valence-electron chi connectivity index (χ0n) is 10.8. The smallest absolute Gasteiger partial charge is 0.222 e. The summed E-state index contributed by atoms with van der Waals surface area (Å²) in [5.74, 6) is 0.219. The molecule has 2 saturated heterocycles. The number of hydrogen-bond donors (Lipinski definition) is 1. The summed E-state index contributed by atoms with van der Waals surface area (Å²) in [5.41, 5.74) is 0. The van der Waals surface area contributed by atoms with Gasteiger partial charge in [-0.2, -0.15) is 0 Å². The van der Waals surface area contributed by atoms with Gasteiger partial charge in [-0.05, 0) is 32.7 Å². The summed E-state index contributed by atoms with van der Waals surface area (Å²) in [6.45, 7) is 5.76. The summed E-state index contributed by atoms with van der Waals surface area (Å²) in [5, 5.41) is 9.21. The summed E-state index contributed by atoms with van der Waals surface area (Å²) in [4.78, 5) is 16.5. The first kappa shape index (κ1) is 12.8. The molecule has 4 heteroatoms. The highest BCUT2D eigenvalue weighted by Crippen LogP contribution is 2.21. The predicted molar refractivity (Wildman–Crippen MR) is 66.7 cm³/mol. The minimum absolute atomic E-state index is 0.219.